The maximum absolute atomic E-state index is 12.9. The first kappa shape index (κ1) is 27.6. The van der Waals surface area contributed by atoms with E-state index in [9.17, 15) is 20.1 Å². The fraction of sp³-hybridized carbons (Fsp3) is 0.906. The number of rotatable bonds is 6. The van der Waals surface area contributed by atoms with E-state index in [0.717, 1.165) is 69.8 Å². The fourth-order valence-electron chi connectivity index (χ4n) is 11.8. The van der Waals surface area contributed by atoms with E-state index < -0.39 is 22.9 Å². The first-order valence-corrected chi connectivity index (χ1v) is 15.1. The summed E-state index contributed by atoms with van der Waals surface area (Å²) in [5.74, 6) is 0.996. The SMILES string of the molecule is C=C(COCC)[C@@H]1CC[C@]2(C(=O)O)CC[C@]3(C)C(CC[C@@H]4[C@@]5(C)CC[C@H](O)[C@@](C)(CO)[C@@H]5CC[C@]43C)[C@@H]12. The minimum absolute atomic E-state index is 0.0462. The number of aliphatic hydroxyl groups excluding tert-OH is 2. The summed E-state index contributed by atoms with van der Waals surface area (Å²) in [5.41, 5.74) is 0.324. The van der Waals surface area contributed by atoms with Crippen LogP contribution in [-0.2, 0) is 9.53 Å². The lowest BCUT2D eigenvalue weighted by Gasteiger charge is -2.72. The molecule has 5 aliphatic rings. The molecule has 0 spiro atoms. The van der Waals surface area contributed by atoms with Gasteiger partial charge in [-0.25, -0.2) is 0 Å². The van der Waals surface area contributed by atoms with Crippen molar-refractivity contribution < 1.29 is 24.9 Å². The molecule has 0 aromatic rings. The molecule has 1 unspecified atom stereocenters. The van der Waals surface area contributed by atoms with Gasteiger partial charge in [-0.1, -0.05) is 34.3 Å². The van der Waals surface area contributed by atoms with Crippen LogP contribution in [0.3, 0.4) is 0 Å². The van der Waals surface area contributed by atoms with Gasteiger partial charge in [-0.05, 0) is 123 Å². The number of aliphatic hydroxyl groups is 2. The predicted octanol–water partition coefficient (Wildman–Crippen LogP) is 6.08. The van der Waals surface area contributed by atoms with Crippen molar-refractivity contribution in [3.63, 3.8) is 0 Å². The second-order valence-corrected chi connectivity index (χ2v) is 14.8. The van der Waals surface area contributed by atoms with E-state index in [1.807, 2.05) is 6.92 Å². The van der Waals surface area contributed by atoms with Crippen molar-refractivity contribution in [2.75, 3.05) is 19.8 Å². The van der Waals surface area contributed by atoms with Gasteiger partial charge in [0.05, 0.1) is 24.7 Å². The Hall–Kier alpha value is -0.910. The Bertz CT molecular complexity index is 932. The summed E-state index contributed by atoms with van der Waals surface area (Å²) in [4.78, 5) is 12.9. The van der Waals surface area contributed by atoms with Crippen LogP contribution in [0.1, 0.15) is 98.8 Å². The second-order valence-electron chi connectivity index (χ2n) is 14.8. The summed E-state index contributed by atoms with van der Waals surface area (Å²) in [6.07, 6.45) is 9.13. The van der Waals surface area contributed by atoms with Crippen LogP contribution in [0.15, 0.2) is 12.2 Å². The lowest BCUT2D eigenvalue weighted by molar-refractivity contribution is -0.254. The van der Waals surface area contributed by atoms with Crippen molar-refractivity contribution in [2.45, 2.75) is 105 Å². The molecule has 0 aliphatic heterocycles. The third kappa shape index (κ3) is 3.48. The van der Waals surface area contributed by atoms with Crippen LogP contribution in [0.5, 0.6) is 0 Å². The van der Waals surface area contributed by atoms with E-state index in [4.69, 9.17) is 4.74 Å². The molecular formula is C32H52O5. The zero-order valence-corrected chi connectivity index (χ0v) is 24.0. The molecule has 0 aromatic heterocycles. The van der Waals surface area contributed by atoms with E-state index >= 15 is 0 Å². The number of ether oxygens (including phenoxy) is 1. The fourth-order valence-corrected chi connectivity index (χ4v) is 11.8. The van der Waals surface area contributed by atoms with Gasteiger partial charge in [-0.3, -0.25) is 4.79 Å². The van der Waals surface area contributed by atoms with Crippen LogP contribution >= 0.6 is 0 Å². The normalized spacial score (nSPS) is 52.9. The van der Waals surface area contributed by atoms with E-state index in [0.29, 0.717) is 31.0 Å². The highest BCUT2D eigenvalue weighted by Gasteiger charge is 2.72. The average molecular weight is 517 g/mol. The highest BCUT2D eigenvalue weighted by Crippen LogP contribution is 2.77. The molecule has 0 aromatic carbocycles. The monoisotopic (exact) mass is 516 g/mol. The lowest BCUT2D eigenvalue weighted by Crippen LogP contribution is -2.67. The summed E-state index contributed by atoms with van der Waals surface area (Å²) < 4.78 is 5.77. The Labute approximate surface area is 224 Å². The maximum Gasteiger partial charge on any atom is 0.309 e. The van der Waals surface area contributed by atoms with Gasteiger partial charge >= 0.3 is 5.97 Å². The number of carboxylic acid groups (broad SMARTS) is 1. The van der Waals surface area contributed by atoms with Crippen LogP contribution in [0.25, 0.3) is 0 Å². The Balaban J connectivity index is 1.53. The van der Waals surface area contributed by atoms with Gasteiger partial charge in [0.15, 0.2) is 0 Å². The Morgan fingerprint density at radius 1 is 0.919 bits per heavy atom. The second kappa shape index (κ2) is 9.06. The molecule has 0 radical (unpaired) electrons. The minimum atomic E-state index is -0.626. The molecule has 11 atom stereocenters. The lowest BCUT2D eigenvalue weighted by atomic mass is 9.32. The topological polar surface area (TPSA) is 87.0 Å². The van der Waals surface area contributed by atoms with E-state index in [1.54, 1.807) is 0 Å². The van der Waals surface area contributed by atoms with Gasteiger partial charge in [-0.15, -0.1) is 0 Å². The number of fused-ring (bicyclic) bond motifs is 7. The van der Waals surface area contributed by atoms with Gasteiger partial charge in [0.25, 0.3) is 0 Å². The molecule has 0 bridgehead atoms. The van der Waals surface area contributed by atoms with E-state index in [-0.39, 0.29) is 34.7 Å². The van der Waals surface area contributed by atoms with Gasteiger partial charge in [0.2, 0.25) is 0 Å². The highest BCUT2D eigenvalue weighted by molar-refractivity contribution is 5.76. The Morgan fingerprint density at radius 3 is 2.30 bits per heavy atom. The average Bonchev–Trinajstić information content (AvgIpc) is 3.27. The van der Waals surface area contributed by atoms with Crippen molar-refractivity contribution in [3.8, 4) is 0 Å². The highest BCUT2D eigenvalue weighted by atomic mass is 16.5. The minimum Gasteiger partial charge on any atom is -0.481 e. The smallest absolute Gasteiger partial charge is 0.309 e. The molecule has 37 heavy (non-hydrogen) atoms. The van der Waals surface area contributed by atoms with Crippen LogP contribution in [-0.4, -0.2) is 47.2 Å². The third-order valence-electron chi connectivity index (χ3n) is 14.0. The van der Waals surface area contributed by atoms with Crippen LogP contribution in [0.2, 0.25) is 0 Å². The Kier molecular flexibility index (Phi) is 6.77. The van der Waals surface area contributed by atoms with Crippen LogP contribution < -0.4 is 0 Å². The molecule has 5 fully saturated rings. The molecule has 0 heterocycles. The molecular weight excluding hydrogens is 464 g/mol. The van der Waals surface area contributed by atoms with E-state index in [1.165, 1.54) is 0 Å². The molecule has 0 amide bonds. The number of carboxylic acids is 1. The van der Waals surface area contributed by atoms with Crippen molar-refractivity contribution in [1.82, 2.24) is 0 Å². The van der Waals surface area contributed by atoms with E-state index in [2.05, 4.69) is 34.3 Å². The van der Waals surface area contributed by atoms with Gasteiger partial charge in [-0.2, -0.15) is 0 Å². The van der Waals surface area contributed by atoms with Gasteiger partial charge < -0.3 is 20.1 Å². The van der Waals surface area contributed by atoms with Crippen LogP contribution in [0.4, 0.5) is 0 Å². The van der Waals surface area contributed by atoms with Crippen LogP contribution in [0, 0.1) is 56.7 Å². The summed E-state index contributed by atoms with van der Waals surface area (Å²) in [6.45, 7) is 17.3. The number of hydrogen-bond acceptors (Lipinski definition) is 4. The number of carbonyl (C=O) groups is 1. The molecule has 5 nitrogen and oxygen atoms in total. The standard InChI is InChI=1S/C32H52O5/c1-7-37-18-20(2)21-10-15-32(27(35)36)17-16-30(5)22(26(21)32)8-9-24-28(3)13-12-25(34)29(4,19-33)23(28)11-14-31(24,30)6/h21-26,33-34H,2,7-19H2,1,3-6H3,(H,35,36)/t21-,22?,23+,24+,25-,26+,28-,29-,30+,31+,32-/m0/s1. The first-order valence-electron chi connectivity index (χ1n) is 15.1. The molecule has 210 valence electrons. The third-order valence-corrected chi connectivity index (χ3v) is 14.0. The summed E-state index contributed by atoms with van der Waals surface area (Å²) >= 11 is 0. The summed E-state index contributed by atoms with van der Waals surface area (Å²) in [5, 5.41) is 32.1. The first-order chi connectivity index (χ1) is 17.4. The molecule has 0 saturated heterocycles. The number of hydrogen-bond donors (Lipinski definition) is 3. The van der Waals surface area contributed by atoms with Crippen molar-refractivity contribution in [2.24, 2.45) is 56.7 Å². The van der Waals surface area contributed by atoms with Gasteiger partial charge in [0, 0.05) is 12.0 Å². The molecule has 5 saturated carbocycles. The number of aliphatic carboxylic acids is 1. The van der Waals surface area contributed by atoms with Crippen molar-refractivity contribution in [1.29, 1.82) is 0 Å². The zero-order valence-electron chi connectivity index (χ0n) is 24.0. The van der Waals surface area contributed by atoms with Gasteiger partial charge in [0.1, 0.15) is 0 Å². The predicted molar refractivity (Wildman–Crippen MR) is 145 cm³/mol. The molecule has 5 heteroatoms. The van der Waals surface area contributed by atoms with Crippen molar-refractivity contribution in [3.05, 3.63) is 12.2 Å². The molecule has 3 N–H and O–H groups in total. The van der Waals surface area contributed by atoms with Crippen molar-refractivity contribution >= 4 is 5.97 Å². The quantitative estimate of drug-likeness (QED) is 0.373. The Morgan fingerprint density at radius 2 is 1.65 bits per heavy atom. The molecule has 5 aliphatic carbocycles. The zero-order chi connectivity index (χ0) is 27.0. The largest absolute Gasteiger partial charge is 0.481 e. The summed E-state index contributed by atoms with van der Waals surface area (Å²) in [6, 6.07) is 0. The molecule has 5 rings (SSSR count). The summed E-state index contributed by atoms with van der Waals surface area (Å²) in [7, 11) is 0. The maximum atomic E-state index is 12.9.